The van der Waals surface area contributed by atoms with Crippen LogP contribution in [-0.4, -0.2) is 10.1 Å². The SMILES string of the molecule is CCCCc1ccc(C(O)c2cccnc2)cc1. The van der Waals surface area contributed by atoms with Crippen LogP contribution in [0.5, 0.6) is 0 Å². The van der Waals surface area contributed by atoms with Gasteiger partial charge in [0.25, 0.3) is 0 Å². The van der Waals surface area contributed by atoms with Crippen molar-refractivity contribution < 1.29 is 5.11 Å². The van der Waals surface area contributed by atoms with Gasteiger partial charge in [-0.2, -0.15) is 0 Å². The Labute approximate surface area is 108 Å². The first-order chi connectivity index (χ1) is 8.81. The minimum atomic E-state index is -0.584. The van der Waals surface area contributed by atoms with Gasteiger partial charge in [-0.15, -0.1) is 0 Å². The Morgan fingerprint density at radius 1 is 1.11 bits per heavy atom. The van der Waals surface area contributed by atoms with Gasteiger partial charge in [0.05, 0.1) is 0 Å². The normalized spacial score (nSPS) is 12.3. The molecule has 0 aliphatic carbocycles. The number of hydrogen-bond donors (Lipinski definition) is 1. The van der Waals surface area contributed by atoms with Crippen molar-refractivity contribution in [3.05, 3.63) is 65.5 Å². The lowest BCUT2D eigenvalue weighted by Gasteiger charge is -2.11. The Bertz CT molecular complexity index is 464. The highest BCUT2D eigenvalue weighted by molar-refractivity contribution is 5.30. The Morgan fingerprint density at radius 2 is 1.89 bits per heavy atom. The van der Waals surface area contributed by atoms with Gasteiger partial charge in [0, 0.05) is 18.0 Å². The molecule has 2 aromatic rings. The number of aliphatic hydroxyl groups excluding tert-OH is 1. The van der Waals surface area contributed by atoms with Gasteiger partial charge in [-0.1, -0.05) is 43.7 Å². The molecule has 1 unspecified atom stereocenters. The number of aliphatic hydroxyl groups is 1. The average Bonchev–Trinajstić information content (AvgIpc) is 2.46. The molecule has 0 aliphatic heterocycles. The zero-order valence-corrected chi connectivity index (χ0v) is 10.7. The summed E-state index contributed by atoms with van der Waals surface area (Å²) in [5.74, 6) is 0. The number of aromatic nitrogens is 1. The van der Waals surface area contributed by atoms with Gasteiger partial charge < -0.3 is 5.11 Å². The third kappa shape index (κ3) is 3.17. The Kier molecular flexibility index (Phi) is 4.48. The van der Waals surface area contributed by atoms with Gasteiger partial charge in [-0.3, -0.25) is 4.98 Å². The number of rotatable bonds is 5. The maximum Gasteiger partial charge on any atom is 0.106 e. The molecule has 2 nitrogen and oxygen atoms in total. The number of nitrogens with zero attached hydrogens (tertiary/aromatic N) is 1. The van der Waals surface area contributed by atoms with Gasteiger partial charge in [0.1, 0.15) is 6.10 Å². The molecule has 2 rings (SSSR count). The summed E-state index contributed by atoms with van der Waals surface area (Å²) in [5, 5.41) is 10.2. The van der Waals surface area contributed by atoms with Crippen molar-refractivity contribution in [1.82, 2.24) is 4.98 Å². The van der Waals surface area contributed by atoms with Gasteiger partial charge in [0.15, 0.2) is 0 Å². The minimum absolute atomic E-state index is 0.584. The van der Waals surface area contributed by atoms with Gasteiger partial charge in [0.2, 0.25) is 0 Å². The molecule has 1 aromatic carbocycles. The molecule has 1 aromatic heterocycles. The van der Waals surface area contributed by atoms with Crippen LogP contribution < -0.4 is 0 Å². The molecule has 0 radical (unpaired) electrons. The molecular weight excluding hydrogens is 222 g/mol. The van der Waals surface area contributed by atoms with Crippen molar-refractivity contribution in [2.45, 2.75) is 32.3 Å². The van der Waals surface area contributed by atoms with E-state index in [1.54, 1.807) is 12.4 Å². The van der Waals surface area contributed by atoms with E-state index in [2.05, 4.69) is 24.0 Å². The first-order valence-corrected chi connectivity index (χ1v) is 6.48. The molecule has 1 heterocycles. The smallest absolute Gasteiger partial charge is 0.106 e. The number of hydrogen-bond acceptors (Lipinski definition) is 2. The second-order valence-electron chi connectivity index (χ2n) is 4.53. The summed E-state index contributed by atoms with van der Waals surface area (Å²) in [6.07, 6.45) is 6.36. The van der Waals surface area contributed by atoms with E-state index in [0.29, 0.717) is 0 Å². The molecule has 0 spiro atoms. The van der Waals surface area contributed by atoms with Gasteiger partial charge in [-0.05, 0) is 30.0 Å². The van der Waals surface area contributed by atoms with E-state index in [1.165, 1.54) is 18.4 Å². The standard InChI is InChI=1S/C16H19NO/c1-2-3-5-13-7-9-14(10-8-13)16(18)15-6-4-11-17-12-15/h4,6-12,16,18H,2-3,5H2,1H3. The second kappa shape index (κ2) is 6.31. The molecule has 0 saturated carbocycles. The summed E-state index contributed by atoms with van der Waals surface area (Å²) in [4.78, 5) is 4.03. The highest BCUT2D eigenvalue weighted by atomic mass is 16.3. The van der Waals surface area contributed by atoms with E-state index in [4.69, 9.17) is 0 Å². The second-order valence-corrected chi connectivity index (χ2v) is 4.53. The van der Waals surface area contributed by atoms with Crippen molar-refractivity contribution >= 4 is 0 Å². The maximum atomic E-state index is 10.2. The Balaban J connectivity index is 2.09. The fourth-order valence-electron chi connectivity index (χ4n) is 1.98. The van der Waals surface area contributed by atoms with Crippen molar-refractivity contribution in [2.75, 3.05) is 0 Å². The lowest BCUT2D eigenvalue weighted by molar-refractivity contribution is 0.220. The predicted octanol–water partition coefficient (Wildman–Crippen LogP) is 3.51. The molecule has 1 N–H and O–H groups in total. The third-order valence-corrected chi connectivity index (χ3v) is 3.11. The van der Waals surface area contributed by atoms with Crippen LogP contribution >= 0.6 is 0 Å². The topological polar surface area (TPSA) is 33.1 Å². The van der Waals surface area contributed by atoms with E-state index < -0.39 is 6.10 Å². The van der Waals surface area contributed by atoms with Crippen LogP contribution in [0.25, 0.3) is 0 Å². The van der Waals surface area contributed by atoms with Crippen LogP contribution in [0.1, 0.15) is 42.6 Å². The summed E-state index contributed by atoms with van der Waals surface area (Å²) in [6, 6.07) is 11.9. The van der Waals surface area contributed by atoms with Crippen LogP contribution in [0, 0.1) is 0 Å². The van der Waals surface area contributed by atoms with Gasteiger partial charge >= 0.3 is 0 Å². The summed E-state index contributed by atoms with van der Waals surface area (Å²) in [6.45, 7) is 2.19. The highest BCUT2D eigenvalue weighted by Crippen LogP contribution is 2.21. The number of pyridine rings is 1. The van der Waals surface area contributed by atoms with Crippen molar-refractivity contribution in [2.24, 2.45) is 0 Å². The molecule has 0 bridgehead atoms. The zero-order valence-electron chi connectivity index (χ0n) is 10.7. The molecule has 0 saturated heterocycles. The van der Waals surface area contributed by atoms with Crippen LogP contribution in [0.15, 0.2) is 48.8 Å². The van der Waals surface area contributed by atoms with E-state index in [0.717, 1.165) is 17.5 Å². The van der Waals surface area contributed by atoms with Crippen LogP contribution in [0.3, 0.4) is 0 Å². The molecule has 0 fully saturated rings. The first kappa shape index (κ1) is 12.8. The summed E-state index contributed by atoms with van der Waals surface area (Å²) in [5.41, 5.74) is 3.08. The van der Waals surface area contributed by atoms with Crippen molar-refractivity contribution in [3.63, 3.8) is 0 Å². The van der Waals surface area contributed by atoms with Crippen molar-refractivity contribution in [3.8, 4) is 0 Å². The molecule has 2 heteroatoms. The average molecular weight is 241 g/mol. The fourth-order valence-corrected chi connectivity index (χ4v) is 1.98. The lowest BCUT2D eigenvalue weighted by atomic mass is 10.0. The molecule has 0 aliphatic rings. The van der Waals surface area contributed by atoms with Crippen molar-refractivity contribution in [1.29, 1.82) is 0 Å². The highest BCUT2D eigenvalue weighted by Gasteiger charge is 2.09. The fraction of sp³-hybridized carbons (Fsp3) is 0.312. The largest absolute Gasteiger partial charge is 0.384 e. The van der Waals surface area contributed by atoms with Gasteiger partial charge in [-0.25, -0.2) is 0 Å². The lowest BCUT2D eigenvalue weighted by Crippen LogP contribution is -2.00. The monoisotopic (exact) mass is 241 g/mol. The summed E-state index contributed by atoms with van der Waals surface area (Å²) < 4.78 is 0. The Hall–Kier alpha value is -1.67. The number of benzene rings is 1. The van der Waals surface area contributed by atoms with Crippen LogP contribution in [-0.2, 0) is 6.42 Å². The molecule has 94 valence electrons. The van der Waals surface area contributed by atoms with Crippen LogP contribution in [0.4, 0.5) is 0 Å². The number of unbranched alkanes of at least 4 members (excludes halogenated alkanes) is 1. The molecule has 0 amide bonds. The first-order valence-electron chi connectivity index (χ1n) is 6.48. The van der Waals surface area contributed by atoms with E-state index in [-0.39, 0.29) is 0 Å². The minimum Gasteiger partial charge on any atom is -0.384 e. The van der Waals surface area contributed by atoms with E-state index in [1.807, 2.05) is 24.3 Å². The van der Waals surface area contributed by atoms with E-state index >= 15 is 0 Å². The zero-order chi connectivity index (χ0) is 12.8. The number of aryl methyl sites for hydroxylation is 1. The summed E-state index contributed by atoms with van der Waals surface area (Å²) in [7, 11) is 0. The quantitative estimate of drug-likeness (QED) is 0.869. The molecule has 1 atom stereocenters. The Morgan fingerprint density at radius 3 is 2.50 bits per heavy atom. The van der Waals surface area contributed by atoms with Crippen LogP contribution in [0.2, 0.25) is 0 Å². The van der Waals surface area contributed by atoms with E-state index in [9.17, 15) is 5.11 Å². The third-order valence-electron chi connectivity index (χ3n) is 3.11. The molecular formula is C16H19NO. The molecule has 18 heavy (non-hydrogen) atoms. The maximum absolute atomic E-state index is 10.2. The predicted molar refractivity (Wildman–Crippen MR) is 73.4 cm³/mol. The summed E-state index contributed by atoms with van der Waals surface area (Å²) >= 11 is 0.